The summed E-state index contributed by atoms with van der Waals surface area (Å²) >= 11 is 0. The van der Waals surface area contributed by atoms with E-state index >= 15 is 0 Å². The minimum absolute atomic E-state index is 0.272. The van der Waals surface area contributed by atoms with Crippen LogP contribution in [0.2, 0.25) is 0 Å². The van der Waals surface area contributed by atoms with Crippen LogP contribution in [0.4, 0.5) is 0 Å². The van der Waals surface area contributed by atoms with Crippen LogP contribution < -0.4 is 0 Å². The highest BCUT2D eigenvalue weighted by atomic mass is 35.7. The van der Waals surface area contributed by atoms with Crippen molar-refractivity contribution < 1.29 is 13.2 Å². The maximum Gasteiger partial charge on any atom is 0.296 e. The highest BCUT2D eigenvalue weighted by Crippen LogP contribution is 2.27. The fourth-order valence-corrected chi connectivity index (χ4v) is 3.06. The van der Waals surface area contributed by atoms with Gasteiger partial charge in [-0.2, -0.15) is 5.10 Å². The van der Waals surface area contributed by atoms with Crippen molar-refractivity contribution in [1.82, 2.24) is 24.5 Å². The summed E-state index contributed by atoms with van der Waals surface area (Å²) in [5.74, 6) is 0.411. The second-order valence-electron chi connectivity index (χ2n) is 4.56. The predicted octanol–water partition coefficient (Wildman–Crippen LogP) is 0.869. The summed E-state index contributed by atoms with van der Waals surface area (Å²) in [4.78, 5) is 0. The van der Waals surface area contributed by atoms with Crippen LogP contribution in [0.15, 0.2) is 5.16 Å². The monoisotopic (exact) mass is 333 g/mol. The molecule has 0 aromatic carbocycles. The Labute approximate surface area is 127 Å². The lowest BCUT2D eigenvalue weighted by Gasteiger charge is -2.08. The van der Waals surface area contributed by atoms with Gasteiger partial charge in [0.1, 0.15) is 0 Å². The molecule has 21 heavy (non-hydrogen) atoms. The van der Waals surface area contributed by atoms with E-state index in [4.69, 9.17) is 15.4 Å². The van der Waals surface area contributed by atoms with Gasteiger partial charge < -0.3 is 4.74 Å². The van der Waals surface area contributed by atoms with Gasteiger partial charge in [-0.05, 0) is 13.8 Å². The van der Waals surface area contributed by atoms with E-state index in [1.807, 2.05) is 13.8 Å². The van der Waals surface area contributed by atoms with Crippen molar-refractivity contribution in [3.8, 4) is 11.4 Å². The highest BCUT2D eigenvalue weighted by molar-refractivity contribution is 8.13. The molecular formula is C11H16ClN5O3S. The van der Waals surface area contributed by atoms with Gasteiger partial charge in [0.25, 0.3) is 14.2 Å². The van der Waals surface area contributed by atoms with Crippen LogP contribution in [0, 0.1) is 13.8 Å². The van der Waals surface area contributed by atoms with E-state index in [-0.39, 0.29) is 11.7 Å². The molecule has 0 N–H and O–H groups in total. The van der Waals surface area contributed by atoms with Crippen LogP contribution in [0.25, 0.3) is 11.4 Å². The normalized spacial score (nSPS) is 12.0. The molecule has 8 nitrogen and oxygen atoms in total. The summed E-state index contributed by atoms with van der Waals surface area (Å²) < 4.78 is 31.4. The van der Waals surface area contributed by atoms with Crippen LogP contribution in [0.3, 0.4) is 0 Å². The summed E-state index contributed by atoms with van der Waals surface area (Å²) in [6.07, 6.45) is 0. The smallest absolute Gasteiger partial charge is 0.296 e. The van der Waals surface area contributed by atoms with Gasteiger partial charge >= 0.3 is 0 Å². The lowest BCUT2D eigenvalue weighted by Crippen LogP contribution is -2.12. The lowest BCUT2D eigenvalue weighted by atomic mass is 10.2. The van der Waals surface area contributed by atoms with Gasteiger partial charge in [-0.15, -0.1) is 10.2 Å². The minimum atomic E-state index is -3.99. The van der Waals surface area contributed by atoms with Crippen molar-refractivity contribution in [2.75, 3.05) is 13.7 Å². The molecule has 0 fully saturated rings. The molecule has 0 saturated carbocycles. The van der Waals surface area contributed by atoms with Gasteiger partial charge in [0.2, 0.25) is 0 Å². The summed E-state index contributed by atoms with van der Waals surface area (Å²) in [5.41, 5.74) is 2.34. The van der Waals surface area contributed by atoms with E-state index in [9.17, 15) is 8.42 Å². The molecule has 2 aromatic heterocycles. The van der Waals surface area contributed by atoms with Crippen molar-refractivity contribution in [3.63, 3.8) is 0 Å². The maximum atomic E-state index is 11.6. The molecule has 0 aliphatic carbocycles. The average molecular weight is 334 g/mol. The molecule has 0 unspecified atom stereocenters. The lowest BCUT2D eigenvalue weighted by molar-refractivity contribution is 0.185. The highest BCUT2D eigenvalue weighted by Gasteiger charge is 2.26. The molecule has 2 rings (SSSR count). The third kappa shape index (κ3) is 2.94. The van der Waals surface area contributed by atoms with E-state index in [1.54, 1.807) is 11.7 Å². The quantitative estimate of drug-likeness (QED) is 0.754. The summed E-state index contributed by atoms with van der Waals surface area (Å²) in [6, 6.07) is 0. The van der Waals surface area contributed by atoms with Crippen LogP contribution in [0.1, 0.15) is 11.4 Å². The predicted molar refractivity (Wildman–Crippen MR) is 76.6 cm³/mol. The van der Waals surface area contributed by atoms with Crippen molar-refractivity contribution in [3.05, 3.63) is 11.4 Å². The summed E-state index contributed by atoms with van der Waals surface area (Å²) in [6.45, 7) is 4.28. The van der Waals surface area contributed by atoms with Crippen LogP contribution in [-0.4, -0.2) is 46.7 Å². The third-order valence-electron chi connectivity index (χ3n) is 3.19. The molecule has 0 aliphatic heterocycles. The van der Waals surface area contributed by atoms with E-state index in [0.29, 0.717) is 12.4 Å². The number of aryl methyl sites for hydroxylation is 2. The van der Waals surface area contributed by atoms with Crippen molar-refractivity contribution in [2.45, 2.75) is 25.5 Å². The fraction of sp³-hybridized carbons (Fsp3) is 0.545. The van der Waals surface area contributed by atoms with Gasteiger partial charge in [0.15, 0.2) is 5.82 Å². The number of methoxy groups -OCH3 is 1. The van der Waals surface area contributed by atoms with Gasteiger partial charge in [-0.1, -0.05) is 0 Å². The Balaban J connectivity index is 2.66. The van der Waals surface area contributed by atoms with E-state index in [2.05, 4.69) is 15.3 Å². The van der Waals surface area contributed by atoms with Gasteiger partial charge in [0, 0.05) is 30.5 Å². The first-order valence-corrected chi connectivity index (χ1v) is 8.45. The molecule has 116 valence electrons. The van der Waals surface area contributed by atoms with Crippen LogP contribution in [0.5, 0.6) is 0 Å². The Morgan fingerprint density at radius 3 is 2.43 bits per heavy atom. The van der Waals surface area contributed by atoms with Gasteiger partial charge in [0.05, 0.1) is 24.4 Å². The second-order valence-corrected chi connectivity index (χ2v) is 7.02. The number of ether oxygens (including phenoxy) is 1. The largest absolute Gasteiger partial charge is 0.383 e. The zero-order valence-electron chi connectivity index (χ0n) is 12.2. The SMILES string of the molecule is COCCn1c(-c2c(C)nn(C)c2C)nnc1S(=O)(=O)Cl. The molecule has 0 spiro atoms. The molecule has 0 amide bonds. The van der Waals surface area contributed by atoms with Gasteiger partial charge in [-0.3, -0.25) is 9.25 Å². The summed E-state index contributed by atoms with van der Waals surface area (Å²) in [5, 5.41) is 11.7. The molecule has 0 aliphatic rings. The first-order valence-electron chi connectivity index (χ1n) is 6.14. The molecule has 0 bridgehead atoms. The number of nitrogens with zero attached hydrogens (tertiary/aromatic N) is 5. The van der Waals surface area contributed by atoms with E-state index in [0.717, 1.165) is 17.0 Å². The zero-order valence-corrected chi connectivity index (χ0v) is 13.7. The standard InChI is InChI=1S/C11H16ClN5O3S/c1-7-9(8(2)16(3)15-7)10-13-14-11(21(12,18)19)17(10)5-6-20-4/h5-6H2,1-4H3. The number of hydrogen-bond acceptors (Lipinski definition) is 6. The van der Waals surface area contributed by atoms with Crippen molar-refractivity contribution in [1.29, 1.82) is 0 Å². The Bertz CT molecular complexity index is 765. The van der Waals surface area contributed by atoms with Crippen molar-refractivity contribution >= 4 is 19.7 Å². The summed E-state index contributed by atoms with van der Waals surface area (Å²) in [7, 11) is 4.76. The number of aromatic nitrogens is 5. The maximum absolute atomic E-state index is 11.6. The molecular weight excluding hydrogens is 318 g/mol. The first kappa shape index (κ1) is 15.9. The number of halogens is 1. The number of rotatable bonds is 5. The third-order valence-corrected chi connectivity index (χ3v) is 4.34. The Kier molecular flexibility index (Phi) is 4.35. The Morgan fingerprint density at radius 2 is 1.95 bits per heavy atom. The molecule has 0 atom stereocenters. The molecule has 10 heteroatoms. The Morgan fingerprint density at radius 1 is 1.29 bits per heavy atom. The Hall–Kier alpha value is -1.45. The van der Waals surface area contributed by atoms with Crippen LogP contribution in [-0.2, 0) is 27.4 Å². The topological polar surface area (TPSA) is 91.9 Å². The van der Waals surface area contributed by atoms with E-state index in [1.165, 1.54) is 11.7 Å². The van der Waals surface area contributed by atoms with Gasteiger partial charge in [-0.25, -0.2) is 8.42 Å². The zero-order chi connectivity index (χ0) is 15.8. The van der Waals surface area contributed by atoms with E-state index < -0.39 is 9.05 Å². The minimum Gasteiger partial charge on any atom is -0.383 e. The fourth-order valence-electron chi connectivity index (χ4n) is 2.14. The average Bonchev–Trinajstić information content (AvgIpc) is 2.89. The number of hydrogen-bond donors (Lipinski definition) is 0. The first-order chi connectivity index (χ1) is 9.77. The molecule has 2 heterocycles. The molecule has 0 saturated heterocycles. The van der Waals surface area contributed by atoms with Crippen molar-refractivity contribution in [2.24, 2.45) is 7.05 Å². The molecule has 0 radical (unpaired) electrons. The second kappa shape index (κ2) is 5.74. The van der Waals surface area contributed by atoms with Crippen LogP contribution >= 0.6 is 10.7 Å². The molecule has 2 aromatic rings.